The van der Waals surface area contributed by atoms with Crippen molar-refractivity contribution in [2.75, 3.05) is 11.9 Å². The highest BCUT2D eigenvalue weighted by Crippen LogP contribution is 2.06. The summed E-state index contributed by atoms with van der Waals surface area (Å²) in [6.45, 7) is 0.777. The average molecular weight is 279 g/mol. The minimum absolute atomic E-state index is 0.236. The van der Waals surface area contributed by atoms with Gasteiger partial charge in [0, 0.05) is 17.8 Å². The predicted octanol–water partition coefficient (Wildman–Crippen LogP) is 2.32. The minimum Gasteiger partial charge on any atom is -0.334 e. The Morgan fingerprint density at radius 1 is 1.10 bits per heavy atom. The second kappa shape index (κ2) is 7.73. The largest absolute Gasteiger partial charge is 0.334 e. The van der Waals surface area contributed by atoms with E-state index < -0.39 is 0 Å². The molecule has 106 valence electrons. The maximum absolute atomic E-state index is 11.8. The van der Waals surface area contributed by atoms with Crippen LogP contribution in [0.3, 0.4) is 0 Å². The number of carbonyl (C=O) groups is 1. The smallest absolute Gasteiger partial charge is 0.319 e. The molecule has 2 aromatic rings. The lowest BCUT2D eigenvalue weighted by Crippen LogP contribution is -2.28. The molecule has 0 fully saturated rings. The summed E-state index contributed by atoms with van der Waals surface area (Å²) in [5.41, 5.74) is 7.99. The third kappa shape index (κ3) is 5.01. The second-order valence-electron chi connectivity index (χ2n) is 4.38. The van der Waals surface area contributed by atoms with E-state index in [1.54, 1.807) is 0 Å². The van der Waals surface area contributed by atoms with Crippen LogP contribution >= 0.6 is 0 Å². The molecule has 2 amide bonds. The van der Waals surface area contributed by atoms with E-state index in [-0.39, 0.29) is 6.03 Å². The molecule has 0 atom stereocenters. The topological polar surface area (TPSA) is 67.1 Å². The van der Waals surface area contributed by atoms with Gasteiger partial charge in [-0.25, -0.2) is 4.79 Å². The standard InChI is InChI=1S/C17H17N3O/c18-11-5-8-14-6-4-7-15(12-14)13-19-17(21)20-16-9-2-1-3-10-16/h1-4,6-7,9-10,12H,11,13,18H2,(H2,19,20,21). The highest BCUT2D eigenvalue weighted by atomic mass is 16.2. The first-order chi connectivity index (χ1) is 10.3. The lowest BCUT2D eigenvalue weighted by atomic mass is 10.1. The number of urea groups is 1. The molecule has 0 bridgehead atoms. The molecule has 0 radical (unpaired) electrons. The predicted molar refractivity (Wildman–Crippen MR) is 84.7 cm³/mol. The summed E-state index contributed by atoms with van der Waals surface area (Å²) in [7, 11) is 0. The molecule has 0 aliphatic carbocycles. The zero-order chi connectivity index (χ0) is 14.9. The molecule has 0 aliphatic rings. The molecule has 0 aromatic heterocycles. The van der Waals surface area contributed by atoms with E-state index in [4.69, 9.17) is 5.73 Å². The SMILES string of the molecule is NCC#Cc1cccc(CNC(=O)Nc2ccccc2)c1. The van der Waals surface area contributed by atoms with Crippen molar-refractivity contribution >= 4 is 11.7 Å². The first-order valence-corrected chi connectivity index (χ1v) is 6.66. The minimum atomic E-state index is -0.236. The fourth-order valence-electron chi connectivity index (χ4n) is 1.79. The van der Waals surface area contributed by atoms with Crippen molar-refractivity contribution in [2.24, 2.45) is 5.73 Å². The van der Waals surface area contributed by atoms with Crippen LogP contribution in [0.25, 0.3) is 0 Å². The molecule has 0 saturated heterocycles. The molecule has 21 heavy (non-hydrogen) atoms. The van der Waals surface area contributed by atoms with E-state index in [0.29, 0.717) is 13.1 Å². The summed E-state index contributed by atoms with van der Waals surface area (Å²) in [5, 5.41) is 5.57. The fourth-order valence-corrected chi connectivity index (χ4v) is 1.79. The van der Waals surface area contributed by atoms with Gasteiger partial charge in [0.05, 0.1) is 6.54 Å². The third-order valence-corrected chi connectivity index (χ3v) is 2.75. The van der Waals surface area contributed by atoms with Gasteiger partial charge in [-0.15, -0.1) is 0 Å². The molecule has 0 heterocycles. The number of hydrogen-bond acceptors (Lipinski definition) is 2. The van der Waals surface area contributed by atoms with Crippen molar-refractivity contribution < 1.29 is 4.79 Å². The van der Waals surface area contributed by atoms with E-state index in [0.717, 1.165) is 16.8 Å². The number of carbonyl (C=O) groups excluding carboxylic acids is 1. The van der Waals surface area contributed by atoms with Gasteiger partial charge in [0.25, 0.3) is 0 Å². The van der Waals surface area contributed by atoms with E-state index in [2.05, 4.69) is 22.5 Å². The Morgan fingerprint density at radius 2 is 1.90 bits per heavy atom. The number of rotatable bonds is 3. The monoisotopic (exact) mass is 279 g/mol. The summed E-state index contributed by atoms with van der Waals surface area (Å²) >= 11 is 0. The lowest BCUT2D eigenvalue weighted by Gasteiger charge is -2.07. The Bertz CT molecular complexity index is 656. The Hall–Kier alpha value is -2.77. The van der Waals surface area contributed by atoms with Crippen LogP contribution in [0.2, 0.25) is 0 Å². The van der Waals surface area contributed by atoms with Gasteiger partial charge >= 0.3 is 6.03 Å². The first kappa shape index (κ1) is 14.6. The molecule has 4 N–H and O–H groups in total. The normalized spacial score (nSPS) is 9.38. The van der Waals surface area contributed by atoms with Crippen LogP contribution in [0, 0.1) is 11.8 Å². The number of anilines is 1. The van der Waals surface area contributed by atoms with Crippen LogP contribution in [0.5, 0.6) is 0 Å². The Kier molecular flexibility index (Phi) is 5.39. The number of hydrogen-bond donors (Lipinski definition) is 3. The zero-order valence-corrected chi connectivity index (χ0v) is 11.6. The van der Waals surface area contributed by atoms with E-state index in [1.165, 1.54) is 0 Å². The third-order valence-electron chi connectivity index (χ3n) is 2.75. The molecule has 0 spiro atoms. The number of amides is 2. The molecule has 0 saturated carbocycles. The number of nitrogens with two attached hydrogens (primary N) is 1. The van der Waals surface area contributed by atoms with Gasteiger partial charge in [0.2, 0.25) is 0 Å². The van der Waals surface area contributed by atoms with Crippen molar-refractivity contribution in [1.29, 1.82) is 0 Å². The van der Waals surface area contributed by atoms with Gasteiger partial charge in [-0.2, -0.15) is 0 Å². The zero-order valence-electron chi connectivity index (χ0n) is 11.6. The highest BCUT2D eigenvalue weighted by molar-refractivity contribution is 5.89. The fraction of sp³-hybridized carbons (Fsp3) is 0.118. The number of benzene rings is 2. The van der Waals surface area contributed by atoms with Gasteiger partial charge in [-0.1, -0.05) is 42.2 Å². The van der Waals surface area contributed by atoms with E-state index in [1.807, 2.05) is 54.6 Å². The van der Waals surface area contributed by atoms with Crippen LogP contribution in [-0.4, -0.2) is 12.6 Å². The maximum Gasteiger partial charge on any atom is 0.319 e. The van der Waals surface area contributed by atoms with Gasteiger partial charge in [0.1, 0.15) is 0 Å². The van der Waals surface area contributed by atoms with Gasteiger partial charge in [-0.05, 0) is 29.8 Å². The second-order valence-corrected chi connectivity index (χ2v) is 4.38. The maximum atomic E-state index is 11.8. The molecule has 4 heteroatoms. The van der Waals surface area contributed by atoms with Crippen LogP contribution in [0.15, 0.2) is 54.6 Å². The first-order valence-electron chi connectivity index (χ1n) is 6.66. The molecule has 0 unspecified atom stereocenters. The van der Waals surface area contributed by atoms with Crippen LogP contribution in [0.1, 0.15) is 11.1 Å². The molecular weight excluding hydrogens is 262 g/mol. The summed E-state index contributed by atoms with van der Waals surface area (Å²) in [5.74, 6) is 5.78. The van der Waals surface area contributed by atoms with Crippen molar-refractivity contribution in [2.45, 2.75) is 6.54 Å². The van der Waals surface area contributed by atoms with Crippen LogP contribution in [-0.2, 0) is 6.54 Å². The summed E-state index contributed by atoms with van der Waals surface area (Å²) in [6.07, 6.45) is 0. The van der Waals surface area contributed by atoms with Crippen molar-refractivity contribution in [3.8, 4) is 11.8 Å². The van der Waals surface area contributed by atoms with Crippen molar-refractivity contribution in [3.63, 3.8) is 0 Å². The van der Waals surface area contributed by atoms with Gasteiger partial charge in [-0.3, -0.25) is 0 Å². The summed E-state index contributed by atoms with van der Waals surface area (Å²) in [4.78, 5) is 11.8. The molecule has 2 aromatic carbocycles. The van der Waals surface area contributed by atoms with Gasteiger partial charge < -0.3 is 16.4 Å². The highest BCUT2D eigenvalue weighted by Gasteiger charge is 2.01. The summed E-state index contributed by atoms with van der Waals surface area (Å²) < 4.78 is 0. The van der Waals surface area contributed by atoms with E-state index >= 15 is 0 Å². The lowest BCUT2D eigenvalue weighted by molar-refractivity contribution is 0.251. The van der Waals surface area contributed by atoms with Crippen LogP contribution < -0.4 is 16.4 Å². The van der Waals surface area contributed by atoms with Crippen molar-refractivity contribution in [1.82, 2.24) is 5.32 Å². The quantitative estimate of drug-likeness (QED) is 0.755. The summed E-state index contributed by atoms with van der Waals surface area (Å²) in [6, 6.07) is 16.8. The Morgan fingerprint density at radius 3 is 2.67 bits per heavy atom. The molecular formula is C17H17N3O. The Balaban J connectivity index is 1.89. The Labute approximate surface area is 124 Å². The van der Waals surface area contributed by atoms with Crippen molar-refractivity contribution in [3.05, 3.63) is 65.7 Å². The van der Waals surface area contributed by atoms with Crippen LogP contribution in [0.4, 0.5) is 10.5 Å². The number of para-hydroxylation sites is 1. The number of nitrogens with one attached hydrogen (secondary N) is 2. The van der Waals surface area contributed by atoms with Gasteiger partial charge in [0.15, 0.2) is 0 Å². The molecule has 0 aliphatic heterocycles. The average Bonchev–Trinajstić information content (AvgIpc) is 2.52. The van der Waals surface area contributed by atoms with E-state index in [9.17, 15) is 4.79 Å². The molecule has 2 rings (SSSR count). The molecule has 4 nitrogen and oxygen atoms in total.